The van der Waals surface area contributed by atoms with Crippen molar-refractivity contribution in [1.29, 1.82) is 5.26 Å². The first kappa shape index (κ1) is 22.3. The number of allylic oxidation sites excluding steroid dienone is 1. The van der Waals surface area contributed by atoms with E-state index in [0.29, 0.717) is 23.0 Å². The van der Waals surface area contributed by atoms with Crippen LogP contribution < -0.4 is 5.32 Å². The van der Waals surface area contributed by atoms with Crippen LogP contribution in [0, 0.1) is 11.3 Å². The zero-order valence-corrected chi connectivity index (χ0v) is 18.7. The number of hydrogen-bond donors (Lipinski definition) is 1. The predicted octanol–water partition coefficient (Wildman–Crippen LogP) is 5.03. The van der Waals surface area contributed by atoms with Crippen LogP contribution >= 0.6 is 11.8 Å². The van der Waals surface area contributed by atoms with E-state index in [1.165, 1.54) is 17.3 Å². The molecule has 2 aromatic carbocycles. The average Bonchev–Trinajstić information content (AvgIpc) is 3.15. The van der Waals surface area contributed by atoms with E-state index in [9.17, 15) is 4.79 Å². The number of hydrogen-bond acceptors (Lipinski definition) is 5. The Balaban J connectivity index is 1.75. The van der Waals surface area contributed by atoms with Gasteiger partial charge in [0, 0.05) is 12.1 Å². The Bertz CT molecular complexity index is 1120. The minimum absolute atomic E-state index is 0.0753. The highest BCUT2D eigenvalue weighted by Crippen LogP contribution is 2.28. The van der Waals surface area contributed by atoms with Gasteiger partial charge < -0.3 is 5.32 Å². The SMILES string of the molecule is C=CCn1c(SCC(=O)Nc2ccccc2C#N)nnc1-c1ccc(C(C)(C)C)cc1. The number of carbonyl (C=O) groups excluding carboxylic acids is 1. The van der Waals surface area contributed by atoms with Crippen LogP contribution in [-0.4, -0.2) is 26.4 Å². The van der Waals surface area contributed by atoms with Gasteiger partial charge in [0.25, 0.3) is 0 Å². The molecule has 1 aromatic heterocycles. The summed E-state index contributed by atoms with van der Waals surface area (Å²) in [6, 6.07) is 17.3. The molecule has 0 spiro atoms. The quantitative estimate of drug-likeness (QED) is 0.419. The Morgan fingerprint density at radius 1 is 1.19 bits per heavy atom. The van der Waals surface area contributed by atoms with E-state index in [-0.39, 0.29) is 17.1 Å². The van der Waals surface area contributed by atoms with Gasteiger partial charge in [-0.15, -0.1) is 16.8 Å². The summed E-state index contributed by atoms with van der Waals surface area (Å²) in [6.45, 7) is 10.9. The lowest BCUT2D eigenvalue weighted by atomic mass is 9.87. The van der Waals surface area contributed by atoms with E-state index in [0.717, 1.165) is 11.4 Å². The lowest BCUT2D eigenvalue weighted by Crippen LogP contribution is -2.15. The van der Waals surface area contributed by atoms with Gasteiger partial charge in [-0.1, -0.05) is 75.0 Å². The van der Waals surface area contributed by atoms with Crippen LogP contribution in [0.2, 0.25) is 0 Å². The standard InChI is InChI=1S/C24H25N5OS/c1-5-14-29-22(17-10-12-19(13-11-17)24(2,3)4)27-28-23(29)31-16-21(30)26-20-9-7-6-8-18(20)15-25/h5-13H,1,14,16H2,2-4H3,(H,26,30). The van der Waals surface area contributed by atoms with E-state index in [4.69, 9.17) is 5.26 Å². The summed E-state index contributed by atoms with van der Waals surface area (Å²) in [5.74, 6) is 0.674. The van der Waals surface area contributed by atoms with Crippen molar-refractivity contribution in [2.45, 2.75) is 37.9 Å². The molecule has 0 radical (unpaired) electrons. The molecule has 158 valence electrons. The van der Waals surface area contributed by atoms with Gasteiger partial charge in [0.15, 0.2) is 11.0 Å². The van der Waals surface area contributed by atoms with Gasteiger partial charge in [0.2, 0.25) is 5.91 Å². The second-order valence-corrected chi connectivity index (χ2v) is 8.97. The summed E-state index contributed by atoms with van der Waals surface area (Å²) in [6.07, 6.45) is 1.78. The summed E-state index contributed by atoms with van der Waals surface area (Å²) < 4.78 is 1.94. The minimum atomic E-state index is -0.211. The molecular weight excluding hydrogens is 406 g/mol. The van der Waals surface area contributed by atoms with Gasteiger partial charge in [0.05, 0.1) is 17.0 Å². The first-order chi connectivity index (χ1) is 14.8. The number of nitrogens with one attached hydrogen (secondary N) is 1. The molecule has 1 amide bonds. The average molecular weight is 432 g/mol. The molecule has 1 N–H and O–H groups in total. The van der Waals surface area contributed by atoms with Crippen LogP contribution in [-0.2, 0) is 16.8 Å². The fourth-order valence-electron chi connectivity index (χ4n) is 3.03. The van der Waals surface area contributed by atoms with Crippen LogP contribution in [0.3, 0.4) is 0 Å². The van der Waals surface area contributed by atoms with E-state index in [2.05, 4.69) is 61.1 Å². The number of anilines is 1. The highest BCUT2D eigenvalue weighted by Gasteiger charge is 2.17. The van der Waals surface area contributed by atoms with Crippen LogP contribution in [0.15, 0.2) is 66.3 Å². The molecule has 0 fully saturated rings. The molecule has 3 rings (SSSR count). The van der Waals surface area contributed by atoms with Crippen molar-refractivity contribution < 1.29 is 4.79 Å². The molecule has 0 saturated carbocycles. The lowest BCUT2D eigenvalue weighted by Gasteiger charge is -2.19. The van der Waals surface area contributed by atoms with Crippen molar-refractivity contribution in [2.75, 3.05) is 11.1 Å². The third-order valence-electron chi connectivity index (χ3n) is 4.69. The molecule has 0 unspecified atom stereocenters. The summed E-state index contributed by atoms with van der Waals surface area (Å²) >= 11 is 1.30. The zero-order chi connectivity index (χ0) is 22.4. The number of aromatic nitrogens is 3. The third-order valence-corrected chi connectivity index (χ3v) is 5.66. The summed E-state index contributed by atoms with van der Waals surface area (Å²) in [5.41, 5.74) is 3.21. The molecule has 31 heavy (non-hydrogen) atoms. The molecule has 6 nitrogen and oxygen atoms in total. The summed E-state index contributed by atoms with van der Waals surface area (Å²) in [7, 11) is 0. The number of thioether (sulfide) groups is 1. The Labute approximate surface area is 187 Å². The molecule has 3 aromatic rings. The molecule has 0 atom stereocenters. The van der Waals surface area contributed by atoms with Gasteiger partial charge in [-0.05, 0) is 23.1 Å². The molecule has 0 aliphatic carbocycles. The van der Waals surface area contributed by atoms with Crippen LogP contribution in [0.25, 0.3) is 11.4 Å². The number of nitrogens with zero attached hydrogens (tertiary/aromatic N) is 4. The van der Waals surface area contributed by atoms with E-state index < -0.39 is 0 Å². The van der Waals surface area contributed by atoms with Gasteiger partial charge in [-0.3, -0.25) is 9.36 Å². The molecule has 0 aliphatic heterocycles. The molecule has 7 heteroatoms. The smallest absolute Gasteiger partial charge is 0.234 e. The van der Waals surface area contributed by atoms with Gasteiger partial charge >= 0.3 is 0 Å². The molecule has 0 aliphatic rings. The maximum absolute atomic E-state index is 12.4. The Kier molecular flexibility index (Phi) is 6.93. The van der Waals surface area contributed by atoms with Gasteiger partial charge in [-0.2, -0.15) is 5.26 Å². The monoisotopic (exact) mass is 431 g/mol. The second-order valence-electron chi connectivity index (χ2n) is 8.03. The Hall–Kier alpha value is -3.37. The summed E-state index contributed by atoms with van der Waals surface area (Å²) in [5, 5.41) is 21.2. The maximum atomic E-state index is 12.4. The number of nitriles is 1. The van der Waals surface area contributed by atoms with E-state index in [1.807, 2.05) is 16.7 Å². The minimum Gasteiger partial charge on any atom is -0.324 e. The number of benzene rings is 2. The summed E-state index contributed by atoms with van der Waals surface area (Å²) in [4.78, 5) is 12.4. The number of para-hydroxylation sites is 1. The van der Waals surface area contributed by atoms with Crippen molar-refractivity contribution in [3.8, 4) is 17.5 Å². The zero-order valence-electron chi connectivity index (χ0n) is 17.9. The first-order valence-corrected chi connectivity index (χ1v) is 10.9. The highest BCUT2D eigenvalue weighted by atomic mass is 32.2. The van der Waals surface area contributed by atoms with Gasteiger partial charge in [0.1, 0.15) is 6.07 Å². The van der Waals surface area contributed by atoms with Crippen LogP contribution in [0.4, 0.5) is 5.69 Å². The largest absolute Gasteiger partial charge is 0.324 e. The normalized spacial score (nSPS) is 11.0. The lowest BCUT2D eigenvalue weighted by molar-refractivity contribution is -0.113. The van der Waals surface area contributed by atoms with Crippen molar-refractivity contribution in [2.24, 2.45) is 0 Å². The molecular formula is C24H25N5OS. The van der Waals surface area contributed by atoms with Crippen molar-refractivity contribution >= 4 is 23.4 Å². The molecule has 0 saturated heterocycles. The fourth-order valence-corrected chi connectivity index (χ4v) is 3.78. The van der Waals surface area contributed by atoms with E-state index in [1.54, 1.807) is 30.3 Å². The number of amides is 1. The predicted molar refractivity (Wildman–Crippen MR) is 125 cm³/mol. The number of carbonyl (C=O) groups is 1. The van der Waals surface area contributed by atoms with E-state index >= 15 is 0 Å². The fraction of sp³-hybridized carbons (Fsp3) is 0.250. The van der Waals surface area contributed by atoms with Crippen molar-refractivity contribution in [3.63, 3.8) is 0 Å². The van der Waals surface area contributed by atoms with Gasteiger partial charge in [-0.25, -0.2) is 0 Å². The molecule has 0 bridgehead atoms. The van der Waals surface area contributed by atoms with Crippen molar-refractivity contribution in [3.05, 3.63) is 72.3 Å². The van der Waals surface area contributed by atoms with Crippen LogP contribution in [0.1, 0.15) is 31.9 Å². The highest BCUT2D eigenvalue weighted by molar-refractivity contribution is 7.99. The third kappa shape index (κ3) is 5.41. The maximum Gasteiger partial charge on any atom is 0.234 e. The topological polar surface area (TPSA) is 83.6 Å². The first-order valence-electron chi connectivity index (χ1n) is 9.90. The van der Waals surface area contributed by atoms with Crippen LogP contribution in [0.5, 0.6) is 0 Å². The Morgan fingerprint density at radius 3 is 2.55 bits per heavy atom. The Morgan fingerprint density at radius 2 is 1.90 bits per heavy atom. The molecule has 1 heterocycles. The second kappa shape index (κ2) is 9.63. The number of rotatable bonds is 7. The van der Waals surface area contributed by atoms with Crippen molar-refractivity contribution in [1.82, 2.24) is 14.8 Å².